The summed E-state index contributed by atoms with van der Waals surface area (Å²) in [5, 5.41) is 0. The molecule has 2 rings (SSSR count). The van der Waals surface area contributed by atoms with E-state index in [0.717, 1.165) is 18.5 Å². The number of hydrogen-bond donors (Lipinski definition) is 0. The Morgan fingerprint density at radius 1 is 1.11 bits per heavy atom. The van der Waals surface area contributed by atoms with Crippen LogP contribution in [0, 0.1) is 19.8 Å². The second-order valence-corrected chi connectivity index (χ2v) is 5.50. The number of aryl methyl sites for hydroxylation is 2. The number of carbonyl (C=O) groups excluding carboxylic acids is 1. The average molecular weight is 245 g/mol. The van der Waals surface area contributed by atoms with Gasteiger partial charge in [-0.1, -0.05) is 25.3 Å². The lowest BCUT2D eigenvalue weighted by molar-refractivity contribution is -0.123. The minimum Gasteiger partial charge on any atom is -0.315 e. The van der Waals surface area contributed by atoms with E-state index in [-0.39, 0.29) is 11.8 Å². The van der Waals surface area contributed by atoms with Gasteiger partial charge in [0.1, 0.15) is 0 Å². The van der Waals surface area contributed by atoms with E-state index in [1.54, 1.807) is 0 Å². The molecule has 2 nitrogen and oxygen atoms in total. The van der Waals surface area contributed by atoms with Gasteiger partial charge in [-0.25, -0.2) is 0 Å². The molecule has 1 fully saturated rings. The van der Waals surface area contributed by atoms with Crippen LogP contribution in [0.3, 0.4) is 0 Å². The summed E-state index contributed by atoms with van der Waals surface area (Å²) in [4.78, 5) is 14.3. The van der Waals surface area contributed by atoms with E-state index in [1.807, 2.05) is 18.0 Å². The molecule has 98 valence electrons. The molecule has 0 aromatic heterocycles. The van der Waals surface area contributed by atoms with Crippen molar-refractivity contribution >= 4 is 11.6 Å². The number of anilines is 1. The Morgan fingerprint density at radius 2 is 1.78 bits per heavy atom. The Balaban J connectivity index is 2.11. The van der Waals surface area contributed by atoms with Gasteiger partial charge in [-0.3, -0.25) is 4.79 Å². The highest BCUT2D eigenvalue weighted by molar-refractivity contribution is 5.94. The van der Waals surface area contributed by atoms with E-state index < -0.39 is 0 Å². The average Bonchev–Trinajstić information content (AvgIpc) is 2.41. The first-order valence-electron chi connectivity index (χ1n) is 6.94. The molecule has 0 heterocycles. The number of carbonyl (C=O) groups is 1. The molecule has 0 saturated heterocycles. The van der Waals surface area contributed by atoms with Crippen molar-refractivity contribution in [1.29, 1.82) is 0 Å². The largest absolute Gasteiger partial charge is 0.315 e. The Bertz CT molecular complexity index is 433. The molecule has 0 spiro atoms. The molecule has 0 aliphatic heterocycles. The van der Waals surface area contributed by atoms with Crippen molar-refractivity contribution in [3.8, 4) is 0 Å². The van der Waals surface area contributed by atoms with Gasteiger partial charge in [0, 0.05) is 18.7 Å². The van der Waals surface area contributed by atoms with Crippen LogP contribution in [0.5, 0.6) is 0 Å². The normalized spacial score (nSPS) is 16.6. The van der Waals surface area contributed by atoms with Gasteiger partial charge in [0.2, 0.25) is 5.91 Å². The quantitative estimate of drug-likeness (QED) is 0.775. The fraction of sp³-hybridized carbons (Fsp3) is 0.562. The van der Waals surface area contributed by atoms with Crippen molar-refractivity contribution in [3.05, 3.63) is 29.3 Å². The minimum atomic E-state index is 0.241. The number of hydrogen-bond acceptors (Lipinski definition) is 1. The second-order valence-electron chi connectivity index (χ2n) is 5.50. The van der Waals surface area contributed by atoms with E-state index in [1.165, 1.54) is 30.4 Å². The topological polar surface area (TPSA) is 20.3 Å². The molecule has 18 heavy (non-hydrogen) atoms. The highest BCUT2D eigenvalue weighted by Gasteiger charge is 2.24. The zero-order chi connectivity index (χ0) is 13.1. The molecule has 1 aliphatic carbocycles. The molecule has 1 aliphatic rings. The molecule has 1 amide bonds. The summed E-state index contributed by atoms with van der Waals surface area (Å²) in [6.45, 7) is 4.19. The highest BCUT2D eigenvalue weighted by atomic mass is 16.2. The zero-order valence-electron chi connectivity index (χ0n) is 11.7. The predicted molar refractivity (Wildman–Crippen MR) is 75.9 cm³/mol. The van der Waals surface area contributed by atoms with Crippen molar-refractivity contribution in [2.24, 2.45) is 5.92 Å². The lowest BCUT2D eigenvalue weighted by Crippen LogP contribution is -2.33. The third-order valence-electron chi connectivity index (χ3n) is 4.16. The lowest BCUT2D eigenvalue weighted by atomic mass is 9.88. The first-order chi connectivity index (χ1) is 8.59. The van der Waals surface area contributed by atoms with Crippen LogP contribution >= 0.6 is 0 Å². The van der Waals surface area contributed by atoms with Gasteiger partial charge in [-0.15, -0.1) is 0 Å². The van der Waals surface area contributed by atoms with Crippen molar-refractivity contribution in [1.82, 2.24) is 0 Å². The number of amides is 1. The highest BCUT2D eigenvalue weighted by Crippen LogP contribution is 2.27. The Labute approximate surface area is 110 Å². The summed E-state index contributed by atoms with van der Waals surface area (Å²) >= 11 is 0. The third kappa shape index (κ3) is 2.74. The van der Waals surface area contributed by atoms with Gasteiger partial charge < -0.3 is 4.90 Å². The van der Waals surface area contributed by atoms with Gasteiger partial charge >= 0.3 is 0 Å². The molecule has 0 bridgehead atoms. The fourth-order valence-corrected chi connectivity index (χ4v) is 2.68. The predicted octanol–water partition coefficient (Wildman–Crippen LogP) is 3.85. The smallest absolute Gasteiger partial charge is 0.229 e. The number of nitrogens with zero attached hydrogens (tertiary/aromatic N) is 1. The van der Waals surface area contributed by atoms with Crippen LogP contribution in [0.25, 0.3) is 0 Å². The summed E-state index contributed by atoms with van der Waals surface area (Å²) in [5.41, 5.74) is 3.54. The van der Waals surface area contributed by atoms with Crippen LogP contribution in [0.15, 0.2) is 18.2 Å². The molecule has 0 N–H and O–H groups in total. The molecular weight excluding hydrogens is 222 g/mol. The SMILES string of the molecule is Cc1ccc(N(C)C(=O)C2CCCCC2)cc1C. The maximum Gasteiger partial charge on any atom is 0.229 e. The molecular formula is C16H23NO. The first-order valence-corrected chi connectivity index (χ1v) is 6.94. The van der Waals surface area contributed by atoms with Crippen LogP contribution < -0.4 is 4.90 Å². The van der Waals surface area contributed by atoms with Gasteiger partial charge in [-0.05, 0) is 49.9 Å². The van der Waals surface area contributed by atoms with E-state index in [9.17, 15) is 4.79 Å². The monoisotopic (exact) mass is 245 g/mol. The summed E-state index contributed by atoms with van der Waals surface area (Å²) in [5.74, 6) is 0.531. The molecule has 1 aromatic rings. The molecule has 0 radical (unpaired) electrons. The van der Waals surface area contributed by atoms with Crippen LogP contribution in [0.4, 0.5) is 5.69 Å². The molecule has 2 heteroatoms. The maximum atomic E-state index is 12.4. The van der Waals surface area contributed by atoms with E-state index in [0.29, 0.717) is 0 Å². The minimum absolute atomic E-state index is 0.241. The molecule has 0 unspecified atom stereocenters. The summed E-state index contributed by atoms with van der Waals surface area (Å²) < 4.78 is 0. The van der Waals surface area contributed by atoms with Crippen LogP contribution in [0.1, 0.15) is 43.2 Å². The number of benzene rings is 1. The standard InChI is InChI=1S/C16H23NO/c1-12-9-10-15(11-13(12)2)17(3)16(18)14-7-5-4-6-8-14/h9-11,14H,4-8H2,1-3H3. The van der Waals surface area contributed by atoms with Crippen LogP contribution in [-0.2, 0) is 4.79 Å². The van der Waals surface area contributed by atoms with Crippen molar-refractivity contribution < 1.29 is 4.79 Å². The molecule has 0 atom stereocenters. The third-order valence-corrected chi connectivity index (χ3v) is 4.16. The first kappa shape index (κ1) is 13.1. The Morgan fingerprint density at radius 3 is 2.39 bits per heavy atom. The Hall–Kier alpha value is -1.31. The second kappa shape index (κ2) is 5.55. The summed E-state index contributed by atoms with van der Waals surface area (Å²) in [7, 11) is 1.90. The zero-order valence-corrected chi connectivity index (χ0v) is 11.7. The van der Waals surface area contributed by atoms with Crippen LogP contribution in [-0.4, -0.2) is 13.0 Å². The van der Waals surface area contributed by atoms with Crippen LogP contribution in [0.2, 0.25) is 0 Å². The van der Waals surface area contributed by atoms with E-state index in [4.69, 9.17) is 0 Å². The van der Waals surface area contributed by atoms with Gasteiger partial charge in [-0.2, -0.15) is 0 Å². The summed E-state index contributed by atoms with van der Waals surface area (Å²) in [6, 6.07) is 6.24. The number of rotatable bonds is 2. The molecule has 1 saturated carbocycles. The molecule has 1 aromatic carbocycles. The van der Waals surface area contributed by atoms with Crippen molar-refractivity contribution in [3.63, 3.8) is 0 Å². The summed E-state index contributed by atoms with van der Waals surface area (Å²) in [6.07, 6.45) is 5.83. The van der Waals surface area contributed by atoms with E-state index in [2.05, 4.69) is 26.0 Å². The van der Waals surface area contributed by atoms with Gasteiger partial charge in [0.25, 0.3) is 0 Å². The van der Waals surface area contributed by atoms with Gasteiger partial charge in [0.15, 0.2) is 0 Å². The maximum absolute atomic E-state index is 12.4. The fourth-order valence-electron chi connectivity index (χ4n) is 2.68. The van der Waals surface area contributed by atoms with Gasteiger partial charge in [0.05, 0.1) is 0 Å². The van der Waals surface area contributed by atoms with Crippen molar-refractivity contribution in [2.45, 2.75) is 46.0 Å². The Kier molecular flexibility index (Phi) is 4.05. The van der Waals surface area contributed by atoms with E-state index >= 15 is 0 Å². The lowest BCUT2D eigenvalue weighted by Gasteiger charge is -2.26. The van der Waals surface area contributed by atoms with Crippen molar-refractivity contribution in [2.75, 3.05) is 11.9 Å².